The molecule has 25 heavy (non-hydrogen) atoms. The lowest BCUT2D eigenvalue weighted by atomic mass is 9.95. The van der Waals surface area contributed by atoms with E-state index in [0.29, 0.717) is 30.4 Å². The van der Waals surface area contributed by atoms with Gasteiger partial charge in [0.05, 0.1) is 11.3 Å². The van der Waals surface area contributed by atoms with Gasteiger partial charge in [0.15, 0.2) is 0 Å². The van der Waals surface area contributed by atoms with E-state index in [-0.39, 0.29) is 17.5 Å². The van der Waals surface area contributed by atoms with Crippen LogP contribution in [0.2, 0.25) is 0 Å². The second kappa shape index (κ2) is 7.76. The molecule has 0 atom stereocenters. The Bertz CT molecular complexity index is 654. The molecule has 0 bridgehead atoms. The number of likely N-dealkylation sites (tertiary alicyclic amines) is 1. The van der Waals surface area contributed by atoms with Gasteiger partial charge in [0.2, 0.25) is 11.8 Å². The summed E-state index contributed by atoms with van der Waals surface area (Å²) in [6.45, 7) is 4.52. The van der Waals surface area contributed by atoms with Crippen molar-refractivity contribution < 1.29 is 22.8 Å². The molecule has 1 fully saturated rings. The molecule has 1 heterocycles. The number of hydrogen-bond acceptors (Lipinski definition) is 2. The molecule has 0 aromatic heterocycles. The van der Waals surface area contributed by atoms with E-state index in [1.54, 1.807) is 4.90 Å². The highest BCUT2D eigenvalue weighted by Gasteiger charge is 2.35. The monoisotopic (exact) mass is 420 g/mol. The fraction of sp³-hybridized carbons (Fsp3) is 0.529. The van der Waals surface area contributed by atoms with Gasteiger partial charge in [-0.2, -0.15) is 13.2 Å². The molecule has 8 heteroatoms. The third-order valence-electron chi connectivity index (χ3n) is 4.22. The molecule has 1 N–H and O–H groups in total. The minimum absolute atomic E-state index is 0.0334. The van der Waals surface area contributed by atoms with E-state index in [2.05, 4.69) is 21.2 Å². The average Bonchev–Trinajstić information content (AvgIpc) is 2.54. The maximum absolute atomic E-state index is 13.1. The summed E-state index contributed by atoms with van der Waals surface area (Å²) in [6.07, 6.45) is -3.66. The second-order valence-electron chi connectivity index (χ2n) is 6.43. The Kier molecular flexibility index (Phi) is 6.13. The zero-order valence-electron chi connectivity index (χ0n) is 14.0. The molecule has 1 aromatic carbocycles. The summed E-state index contributed by atoms with van der Waals surface area (Å²) >= 11 is 3.01. The van der Waals surface area contributed by atoms with Crippen molar-refractivity contribution in [2.24, 2.45) is 11.8 Å². The molecule has 1 aromatic rings. The van der Waals surface area contributed by atoms with Gasteiger partial charge in [-0.15, -0.1) is 0 Å². The molecular weight excluding hydrogens is 401 g/mol. The molecule has 0 unspecified atom stereocenters. The topological polar surface area (TPSA) is 49.4 Å². The van der Waals surface area contributed by atoms with E-state index < -0.39 is 23.6 Å². The number of alkyl halides is 3. The number of nitrogens with one attached hydrogen (secondary N) is 1. The summed E-state index contributed by atoms with van der Waals surface area (Å²) in [7, 11) is 0. The van der Waals surface area contributed by atoms with Gasteiger partial charge in [-0.25, -0.2) is 0 Å². The molecule has 138 valence electrons. The van der Waals surface area contributed by atoms with Gasteiger partial charge in [-0.05, 0) is 31.0 Å². The summed E-state index contributed by atoms with van der Waals surface area (Å²) in [5.74, 6) is -0.918. The van der Waals surface area contributed by atoms with E-state index in [1.807, 2.05) is 13.8 Å². The lowest BCUT2D eigenvalue weighted by Gasteiger charge is -2.32. The highest BCUT2D eigenvalue weighted by atomic mass is 79.9. The van der Waals surface area contributed by atoms with Crippen LogP contribution in [-0.2, 0) is 15.8 Å². The number of nitrogens with zero attached hydrogens (tertiary/aromatic N) is 1. The van der Waals surface area contributed by atoms with Crippen LogP contribution < -0.4 is 5.32 Å². The molecule has 1 aliphatic heterocycles. The minimum atomic E-state index is -4.56. The summed E-state index contributed by atoms with van der Waals surface area (Å²) in [5, 5.41) is 2.40. The Labute approximate surface area is 152 Å². The van der Waals surface area contributed by atoms with Crippen molar-refractivity contribution in [3.05, 3.63) is 28.2 Å². The Hall–Kier alpha value is -1.57. The van der Waals surface area contributed by atoms with Crippen LogP contribution in [-0.4, -0.2) is 29.8 Å². The number of carbonyl (C=O) groups is 2. The third kappa shape index (κ3) is 4.96. The number of anilines is 1. The molecule has 4 nitrogen and oxygen atoms in total. The van der Waals surface area contributed by atoms with Gasteiger partial charge in [-0.1, -0.05) is 29.8 Å². The van der Waals surface area contributed by atoms with Crippen LogP contribution >= 0.6 is 15.9 Å². The number of piperidine rings is 1. The SMILES string of the molecule is CC(C)C(=O)N1CCC(C(=O)Nc2ccc(Br)cc2C(F)(F)F)CC1. The van der Waals surface area contributed by atoms with Crippen molar-refractivity contribution in [1.82, 2.24) is 4.90 Å². The molecule has 0 spiro atoms. The minimum Gasteiger partial charge on any atom is -0.342 e. The molecule has 2 amide bonds. The fourth-order valence-electron chi connectivity index (χ4n) is 2.82. The number of carbonyl (C=O) groups excluding carboxylic acids is 2. The number of halogens is 4. The predicted molar refractivity (Wildman–Crippen MR) is 91.9 cm³/mol. The van der Waals surface area contributed by atoms with Crippen LogP contribution in [0, 0.1) is 11.8 Å². The van der Waals surface area contributed by atoms with Crippen LogP contribution in [0.15, 0.2) is 22.7 Å². The summed E-state index contributed by atoms with van der Waals surface area (Å²) in [4.78, 5) is 26.0. The van der Waals surface area contributed by atoms with Crippen LogP contribution in [0.25, 0.3) is 0 Å². The summed E-state index contributed by atoms with van der Waals surface area (Å²) < 4.78 is 39.7. The van der Waals surface area contributed by atoms with Crippen molar-refractivity contribution in [2.75, 3.05) is 18.4 Å². The van der Waals surface area contributed by atoms with Gasteiger partial charge in [0.1, 0.15) is 0 Å². The van der Waals surface area contributed by atoms with Gasteiger partial charge < -0.3 is 10.2 Å². The lowest BCUT2D eigenvalue weighted by Crippen LogP contribution is -2.43. The highest BCUT2D eigenvalue weighted by Crippen LogP contribution is 2.37. The first-order valence-corrected chi connectivity index (χ1v) is 8.85. The maximum atomic E-state index is 13.1. The summed E-state index contributed by atoms with van der Waals surface area (Å²) in [6, 6.07) is 3.64. The fourth-order valence-corrected chi connectivity index (χ4v) is 3.18. The van der Waals surface area contributed by atoms with Crippen LogP contribution in [0.1, 0.15) is 32.3 Å². The smallest absolute Gasteiger partial charge is 0.342 e. The first-order valence-electron chi connectivity index (χ1n) is 8.06. The van der Waals surface area contributed by atoms with Crippen molar-refractivity contribution in [1.29, 1.82) is 0 Å². The Morgan fingerprint density at radius 3 is 2.36 bits per heavy atom. The maximum Gasteiger partial charge on any atom is 0.418 e. The van der Waals surface area contributed by atoms with Gasteiger partial charge in [0, 0.05) is 29.4 Å². The zero-order chi connectivity index (χ0) is 18.8. The van der Waals surface area contributed by atoms with Crippen LogP contribution in [0.4, 0.5) is 18.9 Å². The van der Waals surface area contributed by atoms with E-state index in [9.17, 15) is 22.8 Å². The van der Waals surface area contributed by atoms with E-state index in [4.69, 9.17) is 0 Å². The van der Waals surface area contributed by atoms with E-state index >= 15 is 0 Å². The number of amides is 2. The third-order valence-corrected chi connectivity index (χ3v) is 4.71. The molecule has 0 radical (unpaired) electrons. The largest absolute Gasteiger partial charge is 0.418 e. The Balaban J connectivity index is 2.04. The van der Waals surface area contributed by atoms with Crippen molar-refractivity contribution in [3.63, 3.8) is 0 Å². The molecule has 2 rings (SSSR count). The normalized spacial score (nSPS) is 16.2. The first kappa shape index (κ1) is 19.8. The van der Waals surface area contributed by atoms with Gasteiger partial charge in [-0.3, -0.25) is 9.59 Å². The quantitative estimate of drug-likeness (QED) is 0.792. The van der Waals surface area contributed by atoms with Crippen molar-refractivity contribution >= 4 is 33.4 Å². The predicted octanol–water partition coefficient (Wildman–Crippen LogP) is 4.30. The van der Waals surface area contributed by atoms with Crippen LogP contribution in [0.5, 0.6) is 0 Å². The number of benzene rings is 1. The molecule has 0 aliphatic carbocycles. The number of hydrogen-bond donors (Lipinski definition) is 1. The lowest BCUT2D eigenvalue weighted by molar-refractivity contribution is -0.138. The molecular formula is C17H20BrF3N2O2. The molecule has 1 saturated heterocycles. The Morgan fingerprint density at radius 2 is 1.84 bits per heavy atom. The first-order chi connectivity index (χ1) is 11.6. The van der Waals surface area contributed by atoms with Crippen molar-refractivity contribution in [3.8, 4) is 0 Å². The Morgan fingerprint density at radius 1 is 1.24 bits per heavy atom. The van der Waals surface area contributed by atoms with Crippen LogP contribution in [0.3, 0.4) is 0 Å². The highest BCUT2D eigenvalue weighted by molar-refractivity contribution is 9.10. The molecule has 1 aliphatic rings. The second-order valence-corrected chi connectivity index (χ2v) is 7.35. The van der Waals surface area contributed by atoms with Gasteiger partial charge in [0.25, 0.3) is 0 Å². The zero-order valence-corrected chi connectivity index (χ0v) is 15.6. The number of rotatable bonds is 3. The van der Waals surface area contributed by atoms with Gasteiger partial charge >= 0.3 is 6.18 Å². The van der Waals surface area contributed by atoms with E-state index in [1.165, 1.54) is 12.1 Å². The molecule has 0 saturated carbocycles. The van der Waals surface area contributed by atoms with Crippen molar-refractivity contribution in [2.45, 2.75) is 32.9 Å². The summed E-state index contributed by atoms with van der Waals surface area (Å²) in [5.41, 5.74) is -1.14. The van der Waals surface area contributed by atoms with E-state index in [0.717, 1.165) is 6.07 Å². The standard InChI is InChI=1S/C17H20BrF3N2O2/c1-10(2)16(25)23-7-5-11(6-8-23)15(24)22-14-4-3-12(18)9-13(14)17(19,20)21/h3-4,9-11H,5-8H2,1-2H3,(H,22,24). The average molecular weight is 421 g/mol.